The zero-order chi connectivity index (χ0) is 11.4. The van der Waals surface area contributed by atoms with Gasteiger partial charge in [-0.2, -0.15) is 5.10 Å². The zero-order valence-corrected chi connectivity index (χ0v) is 10.4. The van der Waals surface area contributed by atoms with E-state index in [1.165, 1.54) is 31.2 Å². The molecule has 1 heterocycles. The van der Waals surface area contributed by atoms with Crippen molar-refractivity contribution in [2.45, 2.75) is 45.1 Å². The lowest BCUT2D eigenvalue weighted by Crippen LogP contribution is -2.33. The minimum absolute atomic E-state index is 0.680. The second-order valence-electron chi connectivity index (χ2n) is 5.06. The molecule has 0 unspecified atom stereocenters. The number of aromatic nitrogens is 2. The molecule has 3 heteroatoms. The predicted molar refractivity (Wildman–Crippen MR) is 66.3 cm³/mol. The van der Waals surface area contributed by atoms with E-state index >= 15 is 0 Å². The quantitative estimate of drug-likeness (QED) is 0.825. The van der Waals surface area contributed by atoms with Gasteiger partial charge in [0.1, 0.15) is 0 Å². The van der Waals surface area contributed by atoms with E-state index in [0.29, 0.717) is 6.04 Å². The second kappa shape index (κ2) is 5.48. The molecule has 1 aliphatic rings. The van der Waals surface area contributed by atoms with Crippen LogP contribution in [0.1, 0.15) is 38.2 Å². The van der Waals surface area contributed by atoms with Gasteiger partial charge < -0.3 is 5.32 Å². The molecule has 0 aliphatic heterocycles. The Kier molecular flexibility index (Phi) is 3.99. The van der Waals surface area contributed by atoms with Crippen molar-refractivity contribution in [2.75, 3.05) is 6.54 Å². The highest BCUT2D eigenvalue weighted by atomic mass is 15.2. The first-order chi connectivity index (χ1) is 7.75. The minimum atomic E-state index is 0.680. The highest BCUT2D eigenvalue weighted by Gasteiger charge is 2.20. The number of rotatable bonds is 5. The van der Waals surface area contributed by atoms with Crippen LogP contribution in [0.4, 0.5) is 0 Å². The summed E-state index contributed by atoms with van der Waals surface area (Å²) in [5.41, 5.74) is 1.33. The molecule has 1 aromatic heterocycles. The Hall–Kier alpha value is -0.830. The van der Waals surface area contributed by atoms with Crippen LogP contribution in [-0.4, -0.2) is 22.4 Å². The van der Waals surface area contributed by atoms with Crippen molar-refractivity contribution in [2.24, 2.45) is 13.0 Å². The molecule has 1 saturated carbocycles. The van der Waals surface area contributed by atoms with Crippen LogP contribution in [0.25, 0.3) is 0 Å². The van der Waals surface area contributed by atoms with Gasteiger partial charge in [-0.05, 0) is 44.2 Å². The molecule has 0 saturated heterocycles. The smallest absolute Gasteiger partial charge is 0.0522 e. The molecule has 1 aromatic rings. The van der Waals surface area contributed by atoms with Crippen molar-refractivity contribution in [3.05, 3.63) is 18.0 Å². The number of hydrogen-bond donors (Lipinski definition) is 1. The highest BCUT2D eigenvalue weighted by Crippen LogP contribution is 2.27. The summed E-state index contributed by atoms with van der Waals surface area (Å²) in [5, 5.41) is 7.83. The fraction of sp³-hybridized carbons (Fsp3) is 0.769. The van der Waals surface area contributed by atoms with Gasteiger partial charge in [-0.15, -0.1) is 0 Å². The lowest BCUT2D eigenvalue weighted by molar-refractivity contribution is 0.384. The van der Waals surface area contributed by atoms with Crippen LogP contribution in [0, 0.1) is 5.92 Å². The Morgan fingerprint density at radius 3 is 2.88 bits per heavy atom. The fourth-order valence-electron chi connectivity index (χ4n) is 2.67. The van der Waals surface area contributed by atoms with Crippen molar-refractivity contribution in [3.63, 3.8) is 0 Å². The fourth-order valence-corrected chi connectivity index (χ4v) is 2.67. The van der Waals surface area contributed by atoms with Crippen molar-refractivity contribution in [3.8, 4) is 0 Å². The first-order valence-corrected chi connectivity index (χ1v) is 6.46. The van der Waals surface area contributed by atoms with Crippen molar-refractivity contribution < 1.29 is 0 Å². The van der Waals surface area contributed by atoms with Crippen LogP contribution in [-0.2, 0) is 13.5 Å². The van der Waals surface area contributed by atoms with Crippen LogP contribution >= 0.6 is 0 Å². The van der Waals surface area contributed by atoms with Crippen LogP contribution < -0.4 is 5.32 Å². The first-order valence-electron chi connectivity index (χ1n) is 6.46. The summed E-state index contributed by atoms with van der Waals surface area (Å²) < 4.78 is 1.87. The summed E-state index contributed by atoms with van der Waals surface area (Å²) in [6.45, 7) is 3.41. The van der Waals surface area contributed by atoms with E-state index in [9.17, 15) is 0 Å². The summed E-state index contributed by atoms with van der Waals surface area (Å²) >= 11 is 0. The van der Waals surface area contributed by atoms with Gasteiger partial charge in [-0.1, -0.05) is 12.8 Å². The molecule has 90 valence electrons. The van der Waals surface area contributed by atoms with Crippen LogP contribution in [0.2, 0.25) is 0 Å². The van der Waals surface area contributed by atoms with E-state index in [1.807, 2.05) is 17.9 Å². The van der Waals surface area contributed by atoms with E-state index in [0.717, 1.165) is 18.9 Å². The van der Waals surface area contributed by atoms with Gasteiger partial charge in [0.05, 0.1) is 6.20 Å². The standard InChI is InChI=1S/C13H23N3/c1-11(13-5-3-4-6-13)14-8-7-12-9-15-16(2)10-12/h9-11,13-14H,3-8H2,1-2H3/t11-/m1/s1. The summed E-state index contributed by atoms with van der Waals surface area (Å²) in [4.78, 5) is 0. The van der Waals surface area contributed by atoms with E-state index in [2.05, 4.69) is 23.5 Å². The second-order valence-corrected chi connectivity index (χ2v) is 5.06. The molecule has 0 bridgehead atoms. The minimum Gasteiger partial charge on any atom is -0.314 e. The Balaban J connectivity index is 1.67. The van der Waals surface area contributed by atoms with Gasteiger partial charge in [-0.25, -0.2) is 0 Å². The van der Waals surface area contributed by atoms with E-state index in [1.54, 1.807) is 0 Å². The van der Waals surface area contributed by atoms with Gasteiger partial charge in [0.15, 0.2) is 0 Å². The Morgan fingerprint density at radius 2 is 2.25 bits per heavy atom. The lowest BCUT2D eigenvalue weighted by Gasteiger charge is -2.20. The SMILES string of the molecule is C[C@@H](NCCc1cnn(C)c1)C1CCCC1. The Labute approximate surface area is 98.2 Å². The van der Waals surface area contributed by atoms with Gasteiger partial charge in [0.25, 0.3) is 0 Å². The highest BCUT2D eigenvalue weighted by molar-refractivity contribution is 5.03. The molecule has 0 amide bonds. The van der Waals surface area contributed by atoms with Gasteiger partial charge >= 0.3 is 0 Å². The predicted octanol–water partition coefficient (Wildman–Crippen LogP) is 2.13. The third kappa shape index (κ3) is 3.08. The number of nitrogens with one attached hydrogen (secondary N) is 1. The largest absolute Gasteiger partial charge is 0.314 e. The number of nitrogens with zero attached hydrogens (tertiary/aromatic N) is 2. The number of aryl methyl sites for hydroxylation is 1. The molecule has 1 aliphatic carbocycles. The molecule has 3 nitrogen and oxygen atoms in total. The number of hydrogen-bond acceptors (Lipinski definition) is 2. The molecule has 0 radical (unpaired) electrons. The molecule has 0 aromatic carbocycles. The normalized spacial score (nSPS) is 19.1. The van der Waals surface area contributed by atoms with Crippen LogP contribution in [0.3, 0.4) is 0 Å². The molecular weight excluding hydrogens is 198 g/mol. The summed E-state index contributed by atoms with van der Waals surface area (Å²) in [6, 6.07) is 0.680. The van der Waals surface area contributed by atoms with Crippen molar-refractivity contribution >= 4 is 0 Å². The molecule has 1 N–H and O–H groups in total. The molecular formula is C13H23N3. The third-order valence-corrected chi connectivity index (χ3v) is 3.75. The maximum atomic E-state index is 4.18. The van der Waals surface area contributed by atoms with Gasteiger partial charge in [0.2, 0.25) is 0 Å². The first kappa shape index (κ1) is 11.6. The van der Waals surface area contributed by atoms with E-state index in [4.69, 9.17) is 0 Å². The van der Waals surface area contributed by atoms with Crippen LogP contribution in [0.15, 0.2) is 12.4 Å². The molecule has 16 heavy (non-hydrogen) atoms. The average Bonchev–Trinajstić information content (AvgIpc) is 2.89. The third-order valence-electron chi connectivity index (χ3n) is 3.75. The summed E-state index contributed by atoms with van der Waals surface area (Å²) in [6.07, 6.45) is 10.8. The maximum Gasteiger partial charge on any atom is 0.0522 e. The van der Waals surface area contributed by atoms with Crippen LogP contribution in [0.5, 0.6) is 0 Å². The zero-order valence-electron chi connectivity index (χ0n) is 10.4. The molecule has 0 spiro atoms. The van der Waals surface area contributed by atoms with Crippen molar-refractivity contribution in [1.29, 1.82) is 0 Å². The molecule has 1 fully saturated rings. The van der Waals surface area contributed by atoms with E-state index in [-0.39, 0.29) is 0 Å². The topological polar surface area (TPSA) is 29.9 Å². The van der Waals surface area contributed by atoms with Gasteiger partial charge in [0, 0.05) is 19.3 Å². The lowest BCUT2D eigenvalue weighted by atomic mass is 10.00. The Bertz CT molecular complexity index is 313. The maximum absolute atomic E-state index is 4.18. The Morgan fingerprint density at radius 1 is 1.50 bits per heavy atom. The van der Waals surface area contributed by atoms with Crippen molar-refractivity contribution in [1.82, 2.24) is 15.1 Å². The monoisotopic (exact) mass is 221 g/mol. The molecule has 2 rings (SSSR count). The van der Waals surface area contributed by atoms with Gasteiger partial charge in [-0.3, -0.25) is 4.68 Å². The van der Waals surface area contributed by atoms with E-state index < -0.39 is 0 Å². The summed E-state index contributed by atoms with van der Waals surface area (Å²) in [7, 11) is 1.97. The molecule has 1 atom stereocenters. The average molecular weight is 221 g/mol. The summed E-state index contributed by atoms with van der Waals surface area (Å²) in [5.74, 6) is 0.911.